The summed E-state index contributed by atoms with van der Waals surface area (Å²) >= 11 is 0. The van der Waals surface area contributed by atoms with Crippen molar-refractivity contribution < 1.29 is 38.5 Å². The first-order chi connectivity index (χ1) is 15.1. The summed E-state index contributed by atoms with van der Waals surface area (Å²) in [5.74, 6) is -4.27. The fraction of sp³-hybridized carbons (Fsp3) is 0.600. The molecule has 12 nitrogen and oxygen atoms in total. The number of benzene rings is 1. The van der Waals surface area contributed by atoms with Gasteiger partial charge in [-0.05, 0) is 37.1 Å². The highest BCUT2D eigenvalue weighted by Gasteiger charge is 2.64. The molecule has 2 saturated heterocycles. The minimum atomic E-state index is -1.64. The highest BCUT2D eigenvalue weighted by Crippen LogP contribution is 2.56. The van der Waals surface area contributed by atoms with Crippen molar-refractivity contribution in [2.24, 2.45) is 5.11 Å². The number of nitrogens with zero attached hydrogens (tertiary/aromatic N) is 4. The van der Waals surface area contributed by atoms with Crippen LogP contribution in [0.15, 0.2) is 17.2 Å². The smallest absolute Gasteiger partial charge is 0.308 e. The van der Waals surface area contributed by atoms with Gasteiger partial charge in [0.25, 0.3) is 0 Å². The average molecular weight is 448 g/mol. The van der Waals surface area contributed by atoms with Gasteiger partial charge in [-0.2, -0.15) is 0 Å². The Morgan fingerprint density at radius 1 is 1.34 bits per heavy atom. The standard InChI is InChI=1S/C20H24N4O8/c1-10(25)28-8-12-5-15-17(16(6-12)30-11(2)26)13-9-29-19(3,4)31-20(13)18(27)14(22-23-21)7-24(15)32-20/h5-6,13-14,18,27H,7-9H2,1-4H3/t13-,14-,18+,20-/m0/s1. The third-order valence-electron chi connectivity index (χ3n) is 5.56. The molecule has 3 aliphatic heterocycles. The molecule has 1 aromatic rings. The van der Waals surface area contributed by atoms with E-state index >= 15 is 0 Å². The number of anilines is 1. The van der Waals surface area contributed by atoms with Crippen LogP contribution in [0.3, 0.4) is 0 Å². The lowest BCUT2D eigenvalue weighted by atomic mass is 9.79. The summed E-state index contributed by atoms with van der Waals surface area (Å²) in [4.78, 5) is 32.2. The quantitative estimate of drug-likeness (QED) is 0.240. The number of rotatable bonds is 4. The zero-order valence-corrected chi connectivity index (χ0v) is 18.1. The number of fused-ring (bicyclic) bond motifs is 4. The number of aliphatic hydroxyl groups excluding tert-OH is 1. The summed E-state index contributed by atoms with van der Waals surface area (Å²) in [5, 5.41) is 16.4. The molecule has 0 aliphatic carbocycles. The lowest BCUT2D eigenvalue weighted by Crippen LogP contribution is -2.71. The van der Waals surface area contributed by atoms with Crippen molar-refractivity contribution in [2.45, 2.75) is 63.9 Å². The predicted molar refractivity (Wildman–Crippen MR) is 107 cm³/mol. The first kappa shape index (κ1) is 22.3. The number of esters is 2. The topological polar surface area (TPSA) is 153 Å². The Balaban J connectivity index is 1.90. The number of hydrogen-bond donors (Lipinski definition) is 1. The van der Waals surface area contributed by atoms with Crippen molar-refractivity contribution in [3.05, 3.63) is 33.7 Å². The fourth-order valence-corrected chi connectivity index (χ4v) is 4.36. The van der Waals surface area contributed by atoms with E-state index in [-0.39, 0.29) is 25.5 Å². The van der Waals surface area contributed by atoms with Gasteiger partial charge in [-0.15, -0.1) is 0 Å². The normalized spacial score (nSPS) is 29.8. The molecule has 2 fully saturated rings. The lowest BCUT2D eigenvalue weighted by Gasteiger charge is -2.59. The predicted octanol–water partition coefficient (Wildman–Crippen LogP) is 2.04. The number of carbonyl (C=O) groups is 2. The van der Waals surface area contributed by atoms with Crippen molar-refractivity contribution in [1.29, 1.82) is 0 Å². The van der Waals surface area contributed by atoms with E-state index < -0.39 is 41.6 Å². The summed E-state index contributed by atoms with van der Waals surface area (Å²) < 4.78 is 22.6. The molecular formula is C20H24N4O8. The second-order valence-electron chi connectivity index (χ2n) is 8.36. The maximum Gasteiger partial charge on any atom is 0.308 e. The van der Waals surface area contributed by atoms with Gasteiger partial charge in [-0.3, -0.25) is 9.59 Å². The Morgan fingerprint density at radius 3 is 2.75 bits per heavy atom. The van der Waals surface area contributed by atoms with Crippen molar-refractivity contribution in [3.63, 3.8) is 0 Å². The molecule has 12 heteroatoms. The highest BCUT2D eigenvalue weighted by molar-refractivity contribution is 5.73. The van der Waals surface area contributed by atoms with Gasteiger partial charge in [0, 0.05) is 24.3 Å². The van der Waals surface area contributed by atoms with Gasteiger partial charge < -0.3 is 24.1 Å². The number of aliphatic hydroxyl groups is 1. The van der Waals surface area contributed by atoms with Crippen LogP contribution in [-0.2, 0) is 35.2 Å². The van der Waals surface area contributed by atoms with Crippen LogP contribution in [0.1, 0.15) is 44.7 Å². The average Bonchev–Trinajstić information content (AvgIpc) is 2.69. The summed E-state index contributed by atoms with van der Waals surface area (Å²) in [6.45, 7) is 5.96. The summed E-state index contributed by atoms with van der Waals surface area (Å²) in [7, 11) is 0. The Bertz CT molecular complexity index is 1010. The largest absolute Gasteiger partial charge is 0.461 e. The summed E-state index contributed by atoms with van der Waals surface area (Å²) in [5.41, 5.74) is 10.6. The van der Waals surface area contributed by atoms with Crippen LogP contribution in [0.2, 0.25) is 0 Å². The van der Waals surface area contributed by atoms with Gasteiger partial charge >= 0.3 is 11.9 Å². The lowest BCUT2D eigenvalue weighted by molar-refractivity contribution is -0.429. The van der Waals surface area contributed by atoms with Crippen LogP contribution in [-0.4, -0.2) is 53.9 Å². The third-order valence-corrected chi connectivity index (χ3v) is 5.56. The molecule has 1 spiro atoms. The SMILES string of the molecule is CC(=O)OCc1cc(OC(C)=O)c2c(c1)N1C[C@H](N=[N+]=[N-])[C@@H](O)[C@]3(O1)OC(C)(C)OC[C@@H]23. The van der Waals surface area contributed by atoms with E-state index in [9.17, 15) is 14.7 Å². The zero-order chi connectivity index (χ0) is 23.3. The van der Waals surface area contributed by atoms with Gasteiger partial charge in [0.05, 0.1) is 30.8 Å². The van der Waals surface area contributed by atoms with Crippen molar-refractivity contribution in [3.8, 4) is 5.75 Å². The van der Waals surface area contributed by atoms with E-state index in [0.29, 0.717) is 16.8 Å². The van der Waals surface area contributed by atoms with Crippen molar-refractivity contribution in [2.75, 3.05) is 18.2 Å². The second kappa shape index (κ2) is 7.91. The van der Waals surface area contributed by atoms with Gasteiger partial charge in [0.1, 0.15) is 18.5 Å². The molecule has 0 unspecified atom stereocenters. The van der Waals surface area contributed by atoms with Crippen LogP contribution in [0.25, 0.3) is 10.4 Å². The molecule has 4 atom stereocenters. The van der Waals surface area contributed by atoms with Crippen molar-refractivity contribution >= 4 is 17.6 Å². The minimum absolute atomic E-state index is 0.0217. The van der Waals surface area contributed by atoms with Gasteiger partial charge in [0.15, 0.2) is 5.79 Å². The van der Waals surface area contributed by atoms with Crippen molar-refractivity contribution in [1.82, 2.24) is 0 Å². The maximum absolute atomic E-state index is 11.9. The maximum atomic E-state index is 11.9. The number of ether oxygens (including phenoxy) is 4. The zero-order valence-electron chi connectivity index (χ0n) is 18.1. The molecule has 2 bridgehead atoms. The molecule has 1 N–H and O–H groups in total. The van der Waals surface area contributed by atoms with Crippen LogP contribution >= 0.6 is 0 Å². The summed E-state index contributed by atoms with van der Waals surface area (Å²) in [6, 6.07) is 2.43. The van der Waals surface area contributed by atoms with E-state index in [2.05, 4.69) is 10.0 Å². The van der Waals surface area contributed by atoms with E-state index in [4.69, 9.17) is 29.3 Å². The first-order valence-corrected chi connectivity index (χ1v) is 10.1. The van der Waals surface area contributed by atoms with Crippen LogP contribution in [0.4, 0.5) is 5.69 Å². The number of hydrogen-bond acceptors (Lipinski definition) is 10. The molecule has 0 amide bonds. The molecule has 32 heavy (non-hydrogen) atoms. The molecule has 172 valence electrons. The third kappa shape index (κ3) is 3.76. The molecular weight excluding hydrogens is 424 g/mol. The van der Waals surface area contributed by atoms with E-state index in [0.717, 1.165) is 0 Å². The molecule has 0 aromatic heterocycles. The Kier molecular flexibility index (Phi) is 5.51. The monoisotopic (exact) mass is 448 g/mol. The number of carbonyl (C=O) groups excluding carboxylic acids is 2. The van der Waals surface area contributed by atoms with Crippen LogP contribution < -0.4 is 9.80 Å². The Hall–Kier alpha value is -2.89. The van der Waals surface area contributed by atoms with E-state index in [1.54, 1.807) is 26.0 Å². The number of azide groups is 1. The molecule has 0 radical (unpaired) electrons. The molecule has 1 aromatic carbocycles. The van der Waals surface area contributed by atoms with Gasteiger partial charge in [-0.25, -0.2) is 9.90 Å². The molecule has 3 aliphatic rings. The van der Waals surface area contributed by atoms with Crippen LogP contribution in [0, 0.1) is 0 Å². The Labute approximate surface area is 183 Å². The van der Waals surface area contributed by atoms with E-state index in [1.165, 1.54) is 18.9 Å². The van der Waals surface area contributed by atoms with Gasteiger partial charge in [-0.1, -0.05) is 5.11 Å². The first-order valence-electron chi connectivity index (χ1n) is 10.1. The second-order valence-corrected chi connectivity index (χ2v) is 8.36. The highest BCUT2D eigenvalue weighted by atomic mass is 16.9. The fourth-order valence-electron chi connectivity index (χ4n) is 4.36. The molecule has 4 rings (SSSR count). The Morgan fingerprint density at radius 2 is 2.09 bits per heavy atom. The summed E-state index contributed by atoms with van der Waals surface area (Å²) in [6.07, 6.45) is -1.32. The minimum Gasteiger partial charge on any atom is -0.461 e. The molecule has 0 saturated carbocycles. The van der Waals surface area contributed by atoms with Gasteiger partial charge in [0.2, 0.25) is 5.79 Å². The molecule has 3 heterocycles. The van der Waals surface area contributed by atoms with Crippen LogP contribution in [0.5, 0.6) is 5.75 Å². The number of hydroxylamine groups is 1. The van der Waals surface area contributed by atoms with E-state index in [1.807, 2.05) is 0 Å².